The minimum absolute atomic E-state index is 0.0552. The second-order valence-electron chi connectivity index (χ2n) is 12.4. The number of nitrogens with zero attached hydrogens (tertiary/aromatic N) is 3. The van der Waals surface area contributed by atoms with Crippen LogP contribution in [0.15, 0.2) is 84.9 Å². The molecule has 1 aliphatic rings. The summed E-state index contributed by atoms with van der Waals surface area (Å²) in [6.45, 7) is 12.8. The first-order chi connectivity index (χ1) is 20.1. The van der Waals surface area contributed by atoms with E-state index in [0.29, 0.717) is 19.5 Å². The molecule has 224 valence electrons. The van der Waals surface area contributed by atoms with E-state index in [1.807, 2.05) is 74.2 Å². The Hall–Kier alpha value is -3.84. The molecule has 1 aliphatic heterocycles. The maximum atomic E-state index is 13.9. The van der Waals surface area contributed by atoms with Gasteiger partial charge >= 0.3 is 6.09 Å². The lowest BCUT2D eigenvalue weighted by molar-refractivity contribution is -0.169. The zero-order valence-electron chi connectivity index (χ0n) is 25.7. The second-order valence-corrected chi connectivity index (χ2v) is 12.4. The lowest BCUT2D eigenvalue weighted by Gasteiger charge is -2.38. The third-order valence-corrected chi connectivity index (χ3v) is 7.25. The van der Waals surface area contributed by atoms with Crippen molar-refractivity contribution in [3.63, 3.8) is 0 Å². The van der Waals surface area contributed by atoms with E-state index in [2.05, 4.69) is 55.1 Å². The Balaban J connectivity index is 1.40. The predicted molar refractivity (Wildman–Crippen MR) is 168 cm³/mol. The molecule has 7 heteroatoms. The van der Waals surface area contributed by atoms with Gasteiger partial charge in [-0.05, 0) is 61.9 Å². The van der Waals surface area contributed by atoms with E-state index in [0.717, 1.165) is 24.3 Å². The highest BCUT2D eigenvalue weighted by Gasteiger charge is 2.33. The molecule has 1 atom stereocenters. The molecule has 3 aromatic carbocycles. The first-order valence-electron chi connectivity index (χ1n) is 15.0. The summed E-state index contributed by atoms with van der Waals surface area (Å²) in [6.07, 6.45) is 0.0670. The number of carbonyl (C=O) groups excluding carboxylic acids is 2. The van der Waals surface area contributed by atoms with Crippen LogP contribution < -0.4 is 4.90 Å². The number of anilines is 1. The number of carbonyl (C=O) groups is 2. The third kappa shape index (κ3) is 9.08. The van der Waals surface area contributed by atoms with Gasteiger partial charge in [-0.25, -0.2) is 4.79 Å². The van der Waals surface area contributed by atoms with E-state index in [4.69, 9.17) is 9.57 Å². The van der Waals surface area contributed by atoms with Crippen LogP contribution in [0, 0.1) is 11.8 Å². The highest BCUT2D eigenvalue weighted by Crippen LogP contribution is 2.25. The Bertz CT molecular complexity index is 1270. The van der Waals surface area contributed by atoms with Crippen molar-refractivity contribution in [3.8, 4) is 11.1 Å². The molecular formula is C35H45N3O4. The molecule has 0 bridgehead atoms. The van der Waals surface area contributed by atoms with Crippen molar-refractivity contribution in [3.05, 3.63) is 90.5 Å². The van der Waals surface area contributed by atoms with E-state index in [-0.39, 0.29) is 25.0 Å². The number of hydrogen-bond donors (Lipinski definition) is 0. The van der Waals surface area contributed by atoms with Crippen molar-refractivity contribution in [2.24, 2.45) is 11.8 Å². The maximum absolute atomic E-state index is 13.9. The summed E-state index contributed by atoms with van der Waals surface area (Å²) in [6, 6.07) is 28.7. The van der Waals surface area contributed by atoms with Gasteiger partial charge in [0.2, 0.25) is 5.91 Å². The fourth-order valence-corrected chi connectivity index (χ4v) is 5.18. The SMILES string of the molecule is CC(C)C[C@@H](CN(OCc1ccccc1)C(=O)OC(C)(C)C)C(=O)N1CCN(c2ccc(-c3ccccc3)cc2)CC1. The lowest BCUT2D eigenvalue weighted by atomic mass is 9.95. The number of rotatable bonds is 10. The van der Waals surface area contributed by atoms with Gasteiger partial charge in [-0.2, -0.15) is 5.06 Å². The van der Waals surface area contributed by atoms with Gasteiger partial charge in [-0.3, -0.25) is 9.63 Å². The minimum Gasteiger partial charge on any atom is -0.442 e. The van der Waals surface area contributed by atoms with Gasteiger partial charge in [0.05, 0.1) is 12.5 Å². The van der Waals surface area contributed by atoms with E-state index >= 15 is 0 Å². The number of piperazine rings is 1. The van der Waals surface area contributed by atoms with Gasteiger partial charge < -0.3 is 14.5 Å². The summed E-state index contributed by atoms with van der Waals surface area (Å²) in [7, 11) is 0. The Labute approximate surface area is 251 Å². The van der Waals surface area contributed by atoms with Gasteiger partial charge in [0.15, 0.2) is 0 Å². The van der Waals surface area contributed by atoms with Crippen molar-refractivity contribution in [1.29, 1.82) is 0 Å². The Morgan fingerprint density at radius 1 is 0.810 bits per heavy atom. The maximum Gasteiger partial charge on any atom is 0.434 e. The normalized spacial score (nSPS) is 14.5. The van der Waals surface area contributed by atoms with Crippen LogP contribution in [-0.4, -0.2) is 60.3 Å². The summed E-state index contributed by atoms with van der Waals surface area (Å²) < 4.78 is 5.65. The summed E-state index contributed by atoms with van der Waals surface area (Å²) in [5.74, 6) is -0.0670. The highest BCUT2D eigenvalue weighted by atomic mass is 16.7. The van der Waals surface area contributed by atoms with Crippen LogP contribution in [0.5, 0.6) is 0 Å². The third-order valence-electron chi connectivity index (χ3n) is 7.25. The topological polar surface area (TPSA) is 62.3 Å². The van der Waals surface area contributed by atoms with Gasteiger partial charge in [-0.1, -0.05) is 86.6 Å². The number of ether oxygens (including phenoxy) is 1. The first kappa shape index (κ1) is 31.1. The summed E-state index contributed by atoms with van der Waals surface area (Å²) in [5, 5.41) is 1.24. The minimum atomic E-state index is -0.682. The molecule has 0 aliphatic carbocycles. The van der Waals surface area contributed by atoms with Crippen LogP contribution in [0.25, 0.3) is 11.1 Å². The number of hydrogen-bond acceptors (Lipinski definition) is 5. The largest absolute Gasteiger partial charge is 0.442 e. The fraction of sp³-hybridized carbons (Fsp3) is 0.429. The average molecular weight is 572 g/mol. The molecule has 0 unspecified atom stereocenters. The van der Waals surface area contributed by atoms with Crippen molar-refractivity contribution >= 4 is 17.7 Å². The molecule has 0 spiro atoms. The van der Waals surface area contributed by atoms with E-state index in [9.17, 15) is 9.59 Å². The quantitative estimate of drug-likeness (QED) is 0.245. The molecule has 1 saturated heterocycles. The summed E-state index contributed by atoms with van der Waals surface area (Å²) in [4.78, 5) is 37.3. The summed E-state index contributed by atoms with van der Waals surface area (Å²) >= 11 is 0. The zero-order chi connectivity index (χ0) is 30.1. The fourth-order valence-electron chi connectivity index (χ4n) is 5.18. The molecule has 1 heterocycles. The van der Waals surface area contributed by atoms with Crippen LogP contribution in [0.3, 0.4) is 0 Å². The van der Waals surface area contributed by atoms with Crippen molar-refractivity contribution in [2.45, 2.75) is 53.2 Å². The van der Waals surface area contributed by atoms with Crippen LogP contribution in [0.4, 0.5) is 10.5 Å². The first-order valence-corrected chi connectivity index (χ1v) is 15.0. The van der Waals surface area contributed by atoms with Crippen molar-refractivity contribution < 1.29 is 19.2 Å². The van der Waals surface area contributed by atoms with Crippen LogP contribution >= 0.6 is 0 Å². The van der Waals surface area contributed by atoms with Gasteiger partial charge in [0, 0.05) is 31.9 Å². The van der Waals surface area contributed by atoms with Gasteiger partial charge in [-0.15, -0.1) is 0 Å². The highest BCUT2D eigenvalue weighted by molar-refractivity contribution is 5.80. The Morgan fingerprint density at radius 2 is 1.38 bits per heavy atom. The Kier molecular flexibility index (Phi) is 10.6. The Morgan fingerprint density at radius 3 is 1.95 bits per heavy atom. The van der Waals surface area contributed by atoms with Gasteiger partial charge in [0.1, 0.15) is 12.2 Å². The molecule has 2 amide bonds. The second kappa shape index (κ2) is 14.4. The molecule has 3 aromatic rings. The molecule has 0 saturated carbocycles. The van der Waals surface area contributed by atoms with Crippen LogP contribution in [0.2, 0.25) is 0 Å². The molecule has 4 rings (SSSR count). The predicted octanol–water partition coefficient (Wildman–Crippen LogP) is 7.03. The van der Waals surface area contributed by atoms with Crippen LogP contribution in [0.1, 0.15) is 46.6 Å². The van der Waals surface area contributed by atoms with Gasteiger partial charge in [0.25, 0.3) is 0 Å². The van der Waals surface area contributed by atoms with E-state index in [1.165, 1.54) is 16.2 Å². The molecule has 0 aromatic heterocycles. The van der Waals surface area contributed by atoms with Crippen LogP contribution in [-0.2, 0) is 21.0 Å². The van der Waals surface area contributed by atoms with Crippen molar-refractivity contribution in [1.82, 2.24) is 9.96 Å². The van der Waals surface area contributed by atoms with E-state index in [1.54, 1.807) is 0 Å². The molecule has 42 heavy (non-hydrogen) atoms. The molecule has 0 radical (unpaired) electrons. The monoisotopic (exact) mass is 571 g/mol. The molecule has 7 nitrogen and oxygen atoms in total. The number of amides is 2. The molecule has 1 fully saturated rings. The smallest absolute Gasteiger partial charge is 0.434 e. The molecule has 0 N–H and O–H groups in total. The zero-order valence-corrected chi connectivity index (χ0v) is 25.7. The standard InChI is InChI=1S/C35H45N3O4/c1-27(2)24-31(25-38(34(40)42-35(3,4)5)41-26-28-12-8-6-9-13-28)33(39)37-22-20-36(21-23-37)32-18-16-30(17-19-32)29-14-10-7-11-15-29/h6-19,27,31H,20-26H2,1-5H3/t31-/m0/s1. The number of hydroxylamine groups is 2. The summed E-state index contributed by atoms with van der Waals surface area (Å²) in [5.41, 5.74) is 3.80. The lowest BCUT2D eigenvalue weighted by Crippen LogP contribution is -2.52. The molecular weight excluding hydrogens is 526 g/mol. The van der Waals surface area contributed by atoms with E-state index < -0.39 is 17.6 Å². The number of benzene rings is 3. The van der Waals surface area contributed by atoms with Crippen molar-refractivity contribution in [2.75, 3.05) is 37.6 Å². The average Bonchev–Trinajstić information content (AvgIpc) is 2.98.